The van der Waals surface area contributed by atoms with Crippen molar-refractivity contribution in [3.05, 3.63) is 41.1 Å². The fourth-order valence-electron chi connectivity index (χ4n) is 3.54. The first-order chi connectivity index (χ1) is 14.7. The van der Waals surface area contributed by atoms with Crippen molar-refractivity contribution in [2.24, 2.45) is 0 Å². The zero-order chi connectivity index (χ0) is 23.0. The Hall–Kier alpha value is -2.57. The Bertz CT molecular complexity index is 952. The molecule has 2 unspecified atom stereocenters. The van der Waals surface area contributed by atoms with Gasteiger partial charge in [0, 0.05) is 31.5 Å². The van der Waals surface area contributed by atoms with E-state index in [0.717, 1.165) is 11.1 Å². The summed E-state index contributed by atoms with van der Waals surface area (Å²) in [6.45, 7) is 6.91. The van der Waals surface area contributed by atoms with Crippen LogP contribution in [0.1, 0.15) is 37.4 Å². The maximum absolute atomic E-state index is 12.8. The molecule has 0 spiro atoms. The zero-order valence-electron chi connectivity index (χ0n) is 18.6. The summed E-state index contributed by atoms with van der Waals surface area (Å²) in [5.41, 5.74) is 1.77. The Morgan fingerprint density at radius 3 is 2.77 bits per heavy atom. The number of sulfone groups is 1. The second kappa shape index (κ2) is 11.2. The van der Waals surface area contributed by atoms with Crippen molar-refractivity contribution in [3.8, 4) is 11.8 Å². The minimum Gasteiger partial charge on any atom is -0.494 e. The average molecular weight is 450 g/mol. The number of rotatable bonds is 10. The monoisotopic (exact) mass is 449 g/mol. The molecule has 31 heavy (non-hydrogen) atoms. The number of aryl methyl sites for hydroxylation is 1. The van der Waals surface area contributed by atoms with E-state index in [1.807, 2.05) is 45.0 Å². The predicted molar refractivity (Wildman–Crippen MR) is 118 cm³/mol. The molecule has 1 amide bonds. The van der Waals surface area contributed by atoms with Crippen molar-refractivity contribution in [3.63, 3.8) is 0 Å². The lowest BCUT2D eigenvalue weighted by molar-refractivity contribution is -0.117. The molecule has 9 heteroatoms. The molecule has 1 aromatic rings. The minimum atomic E-state index is -3.11. The summed E-state index contributed by atoms with van der Waals surface area (Å²) in [4.78, 5) is 14.6. The van der Waals surface area contributed by atoms with Crippen LogP contribution in [0, 0.1) is 18.3 Å². The summed E-state index contributed by atoms with van der Waals surface area (Å²) >= 11 is 0. The molecule has 1 aliphatic heterocycles. The normalized spacial score (nSPS) is 18.8. The molecule has 2 atom stereocenters. The number of methoxy groups -OCH3 is 1. The maximum atomic E-state index is 12.8. The third kappa shape index (κ3) is 6.97. The lowest BCUT2D eigenvalue weighted by atomic mass is 10.0. The predicted octanol–water partition coefficient (Wildman–Crippen LogP) is 2.11. The van der Waals surface area contributed by atoms with Crippen molar-refractivity contribution in [2.45, 2.75) is 39.3 Å². The highest BCUT2D eigenvalue weighted by Gasteiger charge is 2.31. The van der Waals surface area contributed by atoms with Crippen LogP contribution in [0.15, 0.2) is 30.0 Å². The van der Waals surface area contributed by atoms with Gasteiger partial charge < -0.3 is 19.7 Å². The SMILES string of the molecule is CCOc1ccc(C)cc1C(C)NC(=O)/C(C#N)=C\N(CCOC)C1CCS(=O)(=O)C1. The van der Waals surface area contributed by atoms with Crippen LogP contribution < -0.4 is 10.1 Å². The number of nitriles is 1. The fraction of sp³-hybridized carbons (Fsp3) is 0.545. The van der Waals surface area contributed by atoms with Gasteiger partial charge in [0.2, 0.25) is 0 Å². The van der Waals surface area contributed by atoms with Crippen molar-refractivity contribution in [2.75, 3.05) is 38.4 Å². The van der Waals surface area contributed by atoms with E-state index in [0.29, 0.717) is 31.9 Å². The maximum Gasteiger partial charge on any atom is 0.263 e. The number of carbonyl (C=O) groups excluding carboxylic acids is 1. The van der Waals surface area contributed by atoms with Crippen molar-refractivity contribution in [1.82, 2.24) is 10.2 Å². The van der Waals surface area contributed by atoms with Crippen LogP contribution in [-0.2, 0) is 19.4 Å². The van der Waals surface area contributed by atoms with Gasteiger partial charge >= 0.3 is 0 Å². The molecule has 0 bridgehead atoms. The van der Waals surface area contributed by atoms with Crippen molar-refractivity contribution >= 4 is 15.7 Å². The summed E-state index contributed by atoms with van der Waals surface area (Å²) in [5, 5.41) is 12.5. The van der Waals surface area contributed by atoms with Crippen LogP contribution in [0.5, 0.6) is 5.75 Å². The number of hydrogen-bond donors (Lipinski definition) is 1. The molecule has 1 aromatic carbocycles. The summed E-state index contributed by atoms with van der Waals surface area (Å²) in [5.74, 6) is 0.266. The highest BCUT2D eigenvalue weighted by molar-refractivity contribution is 7.91. The number of carbonyl (C=O) groups is 1. The minimum absolute atomic E-state index is 0.00491. The third-order valence-corrected chi connectivity index (χ3v) is 6.92. The summed E-state index contributed by atoms with van der Waals surface area (Å²) in [6.07, 6.45) is 1.91. The molecule has 0 aliphatic carbocycles. The third-order valence-electron chi connectivity index (χ3n) is 5.17. The van der Waals surface area contributed by atoms with E-state index in [2.05, 4.69) is 5.32 Å². The zero-order valence-corrected chi connectivity index (χ0v) is 19.4. The lowest BCUT2D eigenvalue weighted by Gasteiger charge is -2.27. The molecule has 1 aliphatic rings. The van der Waals surface area contributed by atoms with Crippen LogP contribution in [0.2, 0.25) is 0 Å². The van der Waals surface area contributed by atoms with E-state index >= 15 is 0 Å². The number of nitrogens with zero attached hydrogens (tertiary/aromatic N) is 2. The van der Waals surface area contributed by atoms with E-state index in [-0.39, 0.29) is 29.2 Å². The average Bonchev–Trinajstić information content (AvgIpc) is 3.09. The summed E-state index contributed by atoms with van der Waals surface area (Å²) in [6, 6.07) is 7.03. The Balaban J connectivity index is 2.21. The number of amides is 1. The molecule has 2 rings (SSSR count). The van der Waals surface area contributed by atoms with Crippen molar-refractivity contribution < 1.29 is 22.7 Å². The topological polar surface area (TPSA) is 109 Å². The Kier molecular flexibility index (Phi) is 8.89. The number of nitrogens with one attached hydrogen (secondary N) is 1. The van der Waals surface area contributed by atoms with Crippen LogP contribution in [0.25, 0.3) is 0 Å². The van der Waals surface area contributed by atoms with E-state index in [9.17, 15) is 18.5 Å². The number of benzene rings is 1. The van der Waals surface area contributed by atoms with E-state index in [4.69, 9.17) is 9.47 Å². The van der Waals surface area contributed by atoms with Gasteiger partial charge in [-0.3, -0.25) is 4.79 Å². The Morgan fingerprint density at radius 1 is 1.45 bits per heavy atom. The molecule has 1 N–H and O–H groups in total. The quantitative estimate of drug-likeness (QED) is 0.430. The first kappa shape index (κ1) is 24.7. The molecule has 8 nitrogen and oxygen atoms in total. The van der Waals surface area contributed by atoms with Gasteiger partial charge in [-0.05, 0) is 33.3 Å². The second-order valence-electron chi connectivity index (χ2n) is 7.61. The van der Waals surface area contributed by atoms with E-state index in [1.54, 1.807) is 12.0 Å². The van der Waals surface area contributed by atoms with Crippen molar-refractivity contribution in [1.29, 1.82) is 5.26 Å². The first-order valence-corrected chi connectivity index (χ1v) is 12.1. The van der Waals surface area contributed by atoms with Crippen LogP contribution in [0.4, 0.5) is 0 Å². The molecule has 0 saturated carbocycles. The largest absolute Gasteiger partial charge is 0.494 e. The summed E-state index contributed by atoms with van der Waals surface area (Å²) < 4.78 is 34.6. The van der Waals surface area contributed by atoms with Gasteiger partial charge in [-0.15, -0.1) is 0 Å². The smallest absolute Gasteiger partial charge is 0.263 e. The van der Waals surface area contributed by atoms with Gasteiger partial charge in [0.1, 0.15) is 17.4 Å². The lowest BCUT2D eigenvalue weighted by Crippen LogP contribution is -2.36. The van der Waals surface area contributed by atoms with Crippen LogP contribution >= 0.6 is 0 Å². The van der Waals surface area contributed by atoms with Gasteiger partial charge in [0.05, 0.1) is 30.8 Å². The first-order valence-electron chi connectivity index (χ1n) is 10.3. The molecule has 170 valence electrons. The van der Waals surface area contributed by atoms with Crippen LogP contribution in [0.3, 0.4) is 0 Å². The summed E-state index contributed by atoms with van der Waals surface area (Å²) in [7, 11) is -1.56. The van der Waals surface area contributed by atoms with Crippen LogP contribution in [-0.4, -0.2) is 63.6 Å². The van der Waals surface area contributed by atoms with Gasteiger partial charge in [-0.2, -0.15) is 5.26 Å². The molecular formula is C22H31N3O5S. The molecule has 1 heterocycles. The second-order valence-corrected chi connectivity index (χ2v) is 9.84. The highest BCUT2D eigenvalue weighted by atomic mass is 32.2. The molecule has 1 saturated heterocycles. The van der Waals surface area contributed by atoms with E-state index < -0.39 is 15.7 Å². The molecule has 0 aromatic heterocycles. The highest BCUT2D eigenvalue weighted by Crippen LogP contribution is 2.27. The van der Waals surface area contributed by atoms with E-state index in [1.165, 1.54) is 6.20 Å². The Labute approximate surface area is 184 Å². The molecule has 1 fully saturated rings. The fourth-order valence-corrected chi connectivity index (χ4v) is 5.28. The molecular weight excluding hydrogens is 418 g/mol. The standard InChI is InChI=1S/C22H31N3O5S/c1-5-30-21-7-6-16(2)12-20(21)17(3)24-22(26)18(13-23)14-25(9-10-29-4)19-8-11-31(27,28)15-19/h6-7,12,14,17,19H,5,8-11,15H2,1-4H3,(H,24,26)/b18-14-. The number of ether oxygens (including phenoxy) is 2. The van der Waals surface area contributed by atoms with Gasteiger partial charge in [-0.25, -0.2) is 8.42 Å². The number of hydrogen-bond acceptors (Lipinski definition) is 7. The van der Waals surface area contributed by atoms with Gasteiger partial charge in [0.15, 0.2) is 9.84 Å². The Morgan fingerprint density at radius 2 is 2.19 bits per heavy atom. The van der Waals surface area contributed by atoms with Gasteiger partial charge in [0.25, 0.3) is 5.91 Å². The molecule has 0 radical (unpaired) electrons. The van der Waals surface area contributed by atoms with Gasteiger partial charge in [-0.1, -0.05) is 17.7 Å².